The number of hydrogen-bond acceptors (Lipinski definition) is 4. The summed E-state index contributed by atoms with van der Waals surface area (Å²) in [6, 6.07) is 30.7. The first kappa shape index (κ1) is 23.3. The maximum Gasteiger partial charge on any atom is 0.325 e. The van der Waals surface area contributed by atoms with Crippen molar-refractivity contribution in [1.29, 1.82) is 0 Å². The maximum atomic E-state index is 13.2. The zero-order valence-corrected chi connectivity index (χ0v) is 20.1. The lowest BCUT2D eigenvalue weighted by molar-refractivity contribution is -0.131. The Kier molecular flexibility index (Phi) is 6.66. The van der Waals surface area contributed by atoms with Gasteiger partial charge in [-0.1, -0.05) is 91.0 Å². The van der Waals surface area contributed by atoms with E-state index in [1.807, 2.05) is 30.3 Å². The van der Waals surface area contributed by atoms with Gasteiger partial charge in [-0.25, -0.2) is 4.79 Å². The van der Waals surface area contributed by atoms with E-state index in [-0.39, 0.29) is 18.0 Å². The third kappa shape index (κ3) is 4.72. The van der Waals surface area contributed by atoms with Crippen LogP contribution in [0.2, 0.25) is 0 Å². The molecule has 3 aromatic carbocycles. The fourth-order valence-electron chi connectivity index (χ4n) is 5.24. The second-order valence-electron chi connectivity index (χ2n) is 9.48. The molecule has 0 saturated carbocycles. The van der Waals surface area contributed by atoms with E-state index >= 15 is 0 Å². The van der Waals surface area contributed by atoms with Crippen LogP contribution in [0.15, 0.2) is 91.0 Å². The van der Waals surface area contributed by atoms with Gasteiger partial charge in [0, 0.05) is 39.3 Å². The van der Waals surface area contributed by atoms with Crippen LogP contribution in [-0.4, -0.2) is 65.9 Å². The molecule has 1 N–H and O–H groups in total. The molecule has 0 radical (unpaired) electrons. The van der Waals surface area contributed by atoms with Gasteiger partial charge >= 0.3 is 6.03 Å². The molecule has 35 heavy (non-hydrogen) atoms. The van der Waals surface area contributed by atoms with Crippen LogP contribution >= 0.6 is 0 Å². The van der Waals surface area contributed by atoms with Crippen LogP contribution in [0.5, 0.6) is 0 Å². The zero-order valence-electron chi connectivity index (χ0n) is 20.1. The summed E-state index contributed by atoms with van der Waals surface area (Å²) < 4.78 is 0. The number of hydrogen-bond donors (Lipinski definition) is 1. The molecule has 2 aliphatic rings. The summed E-state index contributed by atoms with van der Waals surface area (Å²) in [5.41, 5.74) is 2.40. The average molecular weight is 469 g/mol. The highest BCUT2D eigenvalue weighted by Crippen LogP contribution is 2.30. The van der Waals surface area contributed by atoms with E-state index in [9.17, 15) is 9.59 Å². The largest absolute Gasteiger partial charge is 0.325 e. The molecule has 3 aromatic rings. The normalized spacial score (nSPS) is 21.5. The van der Waals surface area contributed by atoms with E-state index in [4.69, 9.17) is 0 Å². The predicted octanol–water partition coefficient (Wildman–Crippen LogP) is 3.86. The van der Waals surface area contributed by atoms with E-state index < -0.39 is 5.54 Å². The maximum absolute atomic E-state index is 13.2. The number of benzene rings is 3. The average Bonchev–Trinajstić information content (AvgIpc) is 3.13. The molecule has 0 aliphatic carbocycles. The van der Waals surface area contributed by atoms with E-state index in [1.165, 1.54) is 16.0 Å². The number of nitrogens with zero attached hydrogens (tertiary/aromatic N) is 3. The number of carbonyl (C=O) groups is 2. The molecule has 5 rings (SSSR count). The van der Waals surface area contributed by atoms with Crippen molar-refractivity contribution in [3.05, 3.63) is 108 Å². The molecule has 1 unspecified atom stereocenters. The summed E-state index contributed by atoms with van der Waals surface area (Å²) in [7, 11) is 0. The van der Waals surface area contributed by atoms with Crippen LogP contribution in [0.25, 0.3) is 0 Å². The molecular weight excluding hydrogens is 436 g/mol. The second kappa shape index (κ2) is 10.0. The SMILES string of the molecule is CC1(c2ccccc2)NC(=O)N(CCN2CCN(C(c3ccccc3)c3ccccc3)CC2)C1=O. The third-order valence-electron chi connectivity index (χ3n) is 7.27. The van der Waals surface area contributed by atoms with Gasteiger partial charge in [-0.2, -0.15) is 0 Å². The first-order valence-corrected chi connectivity index (χ1v) is 12.3. The Labute approximate surface area is 207 Å². The van der Waals surface area contributed by atoms with Crippen molar-refractivity contribution in [2.45, 2.75) is 18.5 Å². The van der Waals surface area contributed by atoms with E-state index in [0.717, 1.165) is 31.7 Å². The summed E-state index contributed by atoms with van der Waals surface area (Å²) in [6.07, 6.45) is 0. The van der Waals surface area contributed by atoms with E-state index in [1.54, 1.807) is 6.92 Å². The van der Waals surface area contributed by atoms with Crippen LogP contribution < -0.4 is 5.32 Å². The minimum absolute atomic E-state index is 0.180. The van der Waals surface area contributed by atoms with Gasteiger partial charge in [0.15, 0.2) is 0 Å². The summed E-state index contributed by atoms with van der Waals surface area (Å²) in [4.78, 5) is 32.1. The Bertz CT molecular complexity index is 1110. The van der Waals surface area contributed by atoms with Crippen LogP contribution in [0.4, 0.5) is 4.79 Å². The van der Waals surface area contributed by atoms with Crippen LogP contribution in [0, 0.1) is 0 Å². The molecule has 1 atom stereocenters. The van der Waals surface area contributed by atoms with Crippen molar-refractivity contribution in [3.8, 4) is 0 Å². The third-order valence-corrected chi connectivity index (χ3v) is 7.27. The van der Waals surface area contributed by atoms with Crippen molar-refractivity contribution in [1.82, 2.24) is 20.0 Å². The fraction of sp³-hybridized carbons (Fsp3) is 0.310. The molecule has 0 bridgehead atoms. The Morgan fingerprint density at radius 1 is 0.743 bits per heavy atom. The predicted molar refractivity (Wildman–Crippen MR) is 137 cm³/mol. The van der Waals surface area contributed by atoms with Gasteiger partial charge in [0.25, 0.3) is 5.91 Å². The van der Waals surface area contributed by atoms with Crippen molar-refractivity contribution in [2.75, 3.05) is 39.3 Å². The topological polar surface area (TPSA) is 55.9 Å². The van der Waals surface area contributed by atoms with E-state index in [2.05, 4.69) is 75.8 Å². The van der Waals surface area contributed by atoms with Gasteiger partial charge in [0.2, 0.25) is 0 Å². The fourth-order valence-corrected chi connectivity index (χ4v) is 5.24. The molecule has 2 heterocycles. The van der Waals surface area contributed by atoms with Crippen LogP contribution in [0.1, 0.15) is 29.7 Å². The first-order chi connectivity index (χ1) is 17.1. The lowest BCUT2D eigenvalue weighted by Crippen LogP contribution is -2.50. The number of amides is 3. The second-order valence-corrected chi connectivity index (χ2v) is 9.48. The van der Waals surface area contributed by atoms with Gasteiger partial charge in [-0.05, 0) is 23.6 Å². The standard InChI is InChI=1S/C29H32N4O2/c1-29(25-15-9-4-10-16-25)27(34)33(28(35)30-29)22-19-31-17-20-32(21-18-31)26(23-11-5-2-6-12-23)24-13-7-3-8-14-24/h2-16,26H,17-22H2,1H3,(H,30,35). The monoisotopic (exact) mass is 468 g/mol. The highest BCUT2D eigenvalue weighted by molar-refractivity contribution is 6.07. The number of carbonyl (C=O) groups excluding carboxylic acids is 2. The van der Waals surface area contributed by atoms with Crippen molar-refractivity contribution in [2.24, 2.45) is 0 Å². The van der Waals surface area contributed by atoms with Crippen LogP contribution in [0.3, 0.4) is 0 Å². The van der Waals surface area contributed by atoms with Crippen molar-refractivity contribution >= 4 is 11.9 Å². The molecule has 2 aliphatic heterocycles. The van der Waals surface area contributed by atoms with Gasteiger partial charge in [-0.15, -0.1) is 0 Å². The summed E-state index contributed by atoms with van der Waals surface area (Å²) >= 11 is 0. The highest BCUT2D eigenvalue weighted by Gasteiger charge is 2.48. The number of imide groups is 1. The first-order valence-electron chi connectivity index (χ1n) is 12.3. The summed E-state index contributed by atoms with van der Waals surface area (Å²) in [5, 5.41) is 2.90. The molecule has 6 heteroatoms. The Morgan fingerprint density at radius 2 is 1.26 bits per heavy atom. The zero-order chi connectivity index (χ0) is 24.3. The summed E-state index contributed by atoms with van der Waals surface area (Å²) in [5.74, 6) is -0.180. The Morgan fingerprint density at radius 3 is 1.80 bits per heavy atom. The lowest BCUT2D eigenvalue weighted by atomic mass is 9.92. The minimum Gasteiger partial charge on any atom is -0.319 e. The molecule has 0 aromatic heterocycles. The molecule has 6 nitrogen and oxygen atoms in total. The quantitative estimate of drug-likeness (QED) is 0.535. The van der Waals surface area contributed by atoms with Crippen molar-refractivity contribution in [3.63, 3.8) is 0 Å². The van der Waals surface area contributed by atoms with Gasteiger partial charge in [0.1, 0.15) is 5.54 Å². The Balaban J connectivity index is 1.21. The lowest BCUT2D eigenvalue weighted by Gasteiger charge is -2.40. The molecule has 0 spiro atoms. The van der Waals surface area contributed by atoms with Gasteiger partial charge in [0.05, 0.1) is 6.04 Å². The number of piperazine rings is 1. The molecular formula is C29H32N4O2. The van der Waals surface area contributed by atoms with Crippen LogP contribution in [-0.2, 0) is 10.3 Å². The minimum atomic E-state index is -1.00. The number of nitrogens with one attached hydrogen (secondary N) is 1. The molecule has 2 saturated heterocycles. The smallest absolute Gasteiger partial charge is 0.319 e. The van der Waals surface area contributed by atoms with E-state index in [0.29, 0.717) is 13.1 Å². The number of urea groups is 1. The van der Waals surface area contributed by atoms with Gasteiger partial charge in [-0.3, -0.25) is 19.5 Å². The van der Waals surface area contributed by atoms with Crippen molar-refractivity contribution < 1.29 is 9.59 Å². The Hall–Kier alpha value is -3.48. The highest BCUT2D eigenvalue weighted by atomic mass is 16.2. The molecule has 2 fully saturated rings. The molecule has 180 valence electrons. The summed E-state index contributed by atoms with van der Waals surface area (Å²) in [6.45, 7) is 6.51. The van der Waals surface area contributed by atoms with Gasteiger partial charge < -0.3 is 5.32 Å². The number of rotatable bonds is 7. The molecule has 3 amide bonds.